The van der Waals surface area contributed by atoms with Gasteiger partial charge >= 0.3 is 21.7 Å². The number of imidazole rings is 1. The normalized spacial score (nSPS) is 9.41. The maximum atomic E-state index is 10.9. The van der Waals surface area contributed by atoms with Crippen molar-refractivity contribution >= 4 is 0 Å². The van der Waals surface area contributed by atoms with Crippen LogP contribution in [0, 0.1) is 41.5 Å². The maximum Gasteiger partial charge on any atom is 4.00 e. The predicted molar refractivity (Wildman–Crippen MR) is 146 cm³/mol. The molecule has 0 aliphatic heterocycles. The van der Waals surface area contributed by atoms with Crippen LogP contribution in [0.5, 0.6) is 0 Å². The molecule has 2 aromatic carbocycles. The van der Waals surface area contributed by atoms with E-state index < -0.39 is 0 Å². The monoisotopic (exact) mass is 498 g/mol. The molecule has 3 rings (SSSR count). The fraction of sp³-hybridized carbons (Fsp3) is 0.444. The number of hydrogen-bond donors (Lipinski definition) is 0. The van der Waals surface area contributed by atoms with Crippen molar-refractivity contribution in [2.24, 2.45) is 0 Å². The molecule has 7 heteroatoms. The molecule has 0 saturated heterocycles. The average Bonchev–Trinajstić information content (AvgIpc) is 3.03. The van der Waals surface area contributed by atoms with Gasteiger partial charge in [0.15, 0.2) is 0 Å². The topological polar surface area (TPSA) is 74.5 Å². The summed E-state index contributed by atoms with van der Waals surface area (Å²) in [4.78, 5) is 0. The molecule has 3 aromatic rings. The molecule has 0 unspecified atom stereocenters. The van der Waals surface area contributed by atoms with E-state index in [4.69, 9.17) is 0 Å². The second-order valence-corrected chi connectivity index (χ2v) is 8.17. The van der Waals surface area contributed by atoms with Gasteiger partial charge < -0.3 is 30.5 Å². The zero-order valence-electron chi connectivity index (χ0n) is 23.1. The van der Waals surface area contributed by atoms with Crippen molar-refractivity contribution in [3.63, 3.8) is 0 Å². The Morgan fingerprint density at radius 2 is 0.735 bits per heavy atom. The number of rotatable bonds is 2. The van der Waals surface area contributed by atoms with Crippen molar-refractivity contribution < 1.29 is 21.7 Å². The standard InChI is InChI=1S/C21H24N3.3C2H6N.Ti/c1-13-9-15(3)19(16(4)10-13)23-7-8-24(21(23)22)20-17(5)11-14(2)12-18(20)6;3*1-3-2;/h7-12H,1-6H3;3*1-2H3;/q4*-1;+4. The van der Waals surface area contributed by atoms with Gasteiger partial charge in [0.05, 0.1) is 0 Å². The molecular weight excluding hydrogens is 456 g/mol. The van der Waals surface area contributed by atoms with Crippen molar-refractivity contribution in [3.05, 3.63) is 97.0 Å². The van der Waals surface area contributed by atoms with Crippen LogP contribution >= 0.6 is 0 Å². The third-order valence-electron chi connectivity index (χ3n) is 4.55. The van der Waals surface area contributed by atoms with Crippen LogP contribution in [0.25, 0.3) is 32.7 Å². The van der Waals surface area contributed by atoms with Crippen molar-refractivity contribution in [2.75, 3.05) is 42.3 Å². The molecule has 1 heterocycles. The summed E-state index contributed by atoms with van der Waals surface area (Å²) in [6.07, 6.45) is 3.86. The van der Waals surface area contributed by atoms with Crippen LogP contribution in [0.1, 0.15) is 33.4 Å². The minimum absolute atomic E-state index is 0. The third kappa shape index (κ3) is 9.73. The van der Waals surface area contributed by atoms with Crippen molar-refractivity contribution in [2.45, 2.75) is 41.5 Å². The number of nitrogens with zero attached hydrogens (tertiary/aromatic N) is 6. The quantitative estimate of drug-likeness (QED) is 0.365. The van der Waals surface area contributed by atoms with E-state index in [2.05, 4.69) is 81.8 Å². The van der Waals surface area contributed by atoms with Crippen LogP contribution in [0.15, 0.2) is 36.7 Å². The molecule has 0 N–H and O–H groups in total. The van der Waals surface area contributed by atoms with Gasteiger partial charge in [0.25, 0.3) is 0 Å². The van der Waals surface area contributed by atoms with E-state index in [-0.39, 0.29) is 27.3 Å². The Kier molecular flexibility index (Phi) is 17.6. The van der Waals surface area contributed by atoms with E-state index in [1.165, 1.54) is 11.1 Å². The Labute approximate surface area is 222 Å². The second-order valence-electron chi connectivity index (χ2n) is 8.17. The van der Waals surface area contributed by atoms with Gasteiger partial charge in [0, 0.05) is 5.62 Å². The molecule has 34 heavy (non-hydrogen) atoms. The summed E-state index contributed by atoms with van der Waals surface area (Å²) in [5, 5.41) is 21.4. The van der Waals surface area contributed by atoms with Gasteiger partial charge in [-0.2, -0.15) is 42.3 Å². The van der Waals surface area contributed by atoms with E-state index in [1.54, 1.807) is 42.3 Å². The van der Waals surface area contributed by atoms with Gasteiger partial charge in [-0.25, -0.2) is 0 Å². The average molecular weight is 499 g/mol. The molecule has 1 aromatic heterocycles. The van der Waals surface area contributed by atoms with E-state index in [1.807, 2.05) is 21.5 Å². The molecular formula is C27H42N6Ti. The minimum Gasteiger partial charge on any atom is -0.668 e. The third-order valence-corrected chi connectivity index (χ3v) is 4.55. The zero-order valence-corrected chi connectivity index (χ0v) is 24.7. The van der Waals surface area contributed by atoms with Gasteiger partial charge in [0.1, 0.15) is 0 Å². The summed E-state index contributed by atoms with van der Waals surface area (Å²) in [5.74, 6) is 0. The number of benzene rings is 2. The largest absolute Gasteiger partial charge is 4.00 e. The van der Waals surface area contributed by atoms with Crippen molar-refractivity contribution in [1.29, 1.82) is 0 Å². The predicted octanol–water partition coefficient (Wildman–Crippen LogP) is 6.45. The molecule has 6 nitrogen and oxygen atoms in total. The summed E-state index contributed by atoms with van der Waals surface area (Å²) >= 11 is 0. The molecule has 0 bridgehead atoms. The Hall–Kier alpha value is -1.96. The van der Waals surface area contributed by atoms with E-state index in [9.17, 15) is 5.41 Å². The molecule has 0 atom stereocenters. The Morgan fingerprint density at radius 3 is 0.941 bits per heavy atom. The fourth-order valence-corrected chi connectivity index (χ4v) is 3.84. The van der Waals surface area contributed by atoms with E-state index in [0.29, 0.717) is 0 Å². The van der Waals surface area contributed by atoms with Crippen LogP contribution in [0.3, 0.4) is 0 Å². The fourth-order valence-electron chi connectivity index (χ4n) is 3.84. The SMILES string of the molecule is C[N-]C.C[N-]C.C[N-]C.Cc1cc(C)c(-n2ccn(-c3c(C)cc(C)cc3C)c2=[N-])c(C)c1.[Ti+4]. The van der Waals surface area contributed by atoms with E-state index >= 15 is 0 Å². The van der Waals surface area contributed by atoms with Gasteiger partial charge in [-0.1, -0.05) is 35.4 Å². The maximum absolute atomic E-state index is 10.9. The summed E-state index contributed by atoms with van der Waals surface area (Å²) in [5.41, 5.74) is 9.40. The summed E-state index contributed by atoms with van der Waals surface area (Å²) in [7, 11) is 10.5. The summed E-state index contributed by atoms with van der Waals surface area (Å²) in [6.45, 7) is 12.5. The first-order valence-electron chi connectivity index (χ1n) is 11.0. The van der Waals surface area contributed by atoms with Crippen LogP contribution in [0.4, 0.5) is 0 Å². The number of aromatic nitrogens is 2. The second kappa shape index (κ2) is 17.5. The molecule has 0 aliphatic rings. The van der Waals surface area contributed by atoms with Crippen LogP contribution in [-0.2, 0) is 21.7 Å². The molecule has 184 valence electrons. The first kappa shape index (κ1) is 34.2. The number of hydrogen-bond acceptors (Lipinski definition) is 0. The first-order chi connectivity index (χ1) is 15.5. The van der Waals surface area contributed by atoms with Crippen LogP contribution in [0.2, 0.25) is 0 Å². The first-order valence-corrected chi connectivity index (χ1v) is 11.0. The zero-order chi connectivity index (χ0) is 25.7. The summed E-state index contributed by atoms with van der Waals surface area (Å²) in [6, 6.07) is 8.59. The van der Waals surface area contributed by atoms with Gasteiger partial charge in [-0.05, 0) is 87.6 Å². The van der Waals surface area contributed by atoms with Gasteiger partial charge in [-0.15, -0.1) is 0 Å². The smallest absolute Gasteiger partial charge is 0.668 e. The van der Waals surface area contributed by atoms with Crippen LogP contribution in [-0.4, -0.2) is 51.4 Å². The molecule has 0 saturated carbocycles. The minimum atomic E-state index is 0. The Morgan fingerprint density at radius 1 is 0.529 bits per heavy atom. The van der Waals surface area contributed by atoms with Gasteiger partial charge in [-0.3, -0.25) is 0 Å². The van der Waals surface area contributed by atoms with Crippen molar-refractivity contribution in [3.8, 4) is 11.4 Å². The van der Waals surface area contributed by atoms with Crippen LogP contribution < -0.4 is 5.62 Å². The molecule has 0 spiro atoms. The Bertz CT molecular complexity index is 921. The van der Waals surface area contributed by atoms with Gasteiger partial charge in [0.2, 0.25) is 0 Å². The molecule has 0 aliphatic carbocycles. The summed E-state index contributed by atoms with van der Waals surface area (Å²) < 4.78 is 3.73. The Balaban J connectivity index is 0. The van der Waals surface area contributed by atoms with E-state index in [0.717, 1.165) is 33.6 Å². The molecule has 0 amide bonds. The molecule has 0 radical (unpaired) electrons. The molecule has 0 fully saturated rings. The van der Waals surface area contributed by atoms with Crippen molar-refractivity contribution in [1.82, 2.24) is 9.13 Å². The number of aryl methyl sites for hydroxylation is 6.